The average Bonchev–Trinajstić information content (AvgIpc) is 2.40. The Labute approximate surface area is 111 Å². The van der Waals surface area contributed by atoms with Gasteiger partial charge in [-0.2, -0.15) is 0 Å². The maximum Gasteiger partial charge on any atom is 0.239 e. The first kappa shape index (κ1) is 13.8. The van der Waals surface area contributed by atoms with Gasteiger partial charge in [0, 0.05) is 18.5 Å². The molecule has 7 nitrogen and oxygen atoms in total. The second-order valence-corrected chi connectivity index (χ2v) is 5.20. The summed E-state index contributed by atoms with van der Waals surface area (Å²) < 4.78 is 0. The molecule has 0 aromatic heterocycles. The van der Waals surface area contributed by atoms with Gasteiger partial charge in [-0.1, -0.05) is 0 Å². The van der Waals surface area contributed by atoms with Crippen molar-refractivity contribution in [2.75, 3.05) is 13.1 Å². The van der Waals surface area contributed by atoms with E-state index in [1.165, 1.54) is 0 Å². The van der Waals surface area contributed by atoms with Crippen LogP contribution in [0.1, 0.15) is 25.7 Å². The smallest absolute Gasteiger partial charge is 0.239 e. The van der Waals surface area contributed by atoms with Crippen LogP contribution in [0.3, 0.4) is 0 Å². The van der Waals surface area contributed by atoms with E-state index in [0.717, 1.165) is 25.7 Å². The predicted octanol–water partition coefficient (Wildman–Crippen LogP) is -1.77. The van der Waals surface area contributed by atoms with E-state index in [9.17, 15) is 14.4 Å². The van der Waals surface area contributed by atoms with Crippen LogP contribution in [-0.2, 0) is 14.4 Å². The molecule has 0 bridgehead atoms. The van der Waals surface area contributed by atoms with Crippen molar-refractivity contribution in [1.29, 1.82) is 0 Å². The lowest BCUT2D eigenvalue weighted by molar-refractivity contribution is -0.127. The molecule has 1 atom stereocenters. The summed E-state index contributed by atoms with van der Waals surface area (Å²) in [6.45, 7) is 0.494. The molecule has 0 spiro atoms. The van der Waals surface area contributed by atoms with Crippen LogP contribution >= 0.6 is 0 Å². The first-order valence-corrected chi connectivity index (χ1v) is 6.66. The van der Waals surface area contributed by atoms with Gasteiger partial charge in [0.2, 0.25) is 17.7 Å². The Morgan fingerprint density at radius 2 is 1.89 bits per heavy atom. The highest BCUT2D eigenvalue weighted by Crippen LogP contribution is 2.23. The molecule has 1 saturated carbocycles. The molecule has 7 heteroatoms. The monoisotopic (exact) mass is 268 g/mol. The summed E-state index contributed by atoms with van der Waals surface area (Å²) >= 11 is 0. The van der Waals surface area contributed by atoms with E-state index in [1.807, 2.05) is 0 Å². The summed E-state index contributed by atoms with van der Waals surface area (Å²) in [5.74, 6) is -0.491. The number of carbonyl (C=O) groups excluding carboxylic acids is 3. The van der Waals surface area contributed by atoms with Crippen molar-refractivity contribution in [2.24, 2.45) is 11.7 Å². The number of amides is 3. The van der Waals surface area contributed by atoms with Gasteiger partial charge in [0.25, 0.3) is 0 Å². The molecule has 0 aromatic carbocycles. The maximum atomic E-state index is 12.0. The van der Waals surface area contributed by atoms with Gasteiger partial charge in [0.15, 0.2) is 0 Å². The number of nitrogens with one attached hydrogen (secondary N) is 3. The van der Waals surface area contributed by atoms with Crippen LogP contribution in [0.2, 0.25) is 0 Å². The highest BCUT2D eigenvalue weighted by Gasteiger charge is 2.29. The van der Waals surface area contributed by atoms with Crippen molar-refractivity contribution < 1.29 is 14.4 Å². The SMILES string of the molecule is NC(=O)C1CCC(NC(=O)C2CNC(=O)CN2)CC1. The van der Waals surface area contributed by atoms with Crippen molar-refractivity contribution in [2.45, 2.75) is 37.8 Å². The van der Waals surface area contributed by atoms with Crippen LogP contribution in [0.5, 0.6) is 0 Å². The number of hydrogen-bond donors (Lipinski definition) is 4. The number of carbonyl (C=O) groups is 3. The Bertz CT molecular complexity index is 367. The lowest BCUT2D eigenvalue weighted by atomic mass is 9.85. The largest absolute Gasteiger partial charge is 0.369 e. The second kappa shape index (κ2) is 6.01. The molecule has 1 saturated heterocycles. The van der Waals surface area contributed by atoms with E-state index in [2.05, 4.69) is 16.0 Å². The Morgan fingerprint density at radius 3 is 2.42 bits per heavy atom. The third-order valence-electron chi connectivity index (χ3n) is 3.80. The highest BCUT2D eigenvalue weighted by atomic mass is 16.2. The van der Waals surface area contributed by atoms with E-state index in [-0.39, 0.29) is 42.3 Å². The molecule has 3 amide bonds. The summed E-state index contributed by atoms with van der Waals surface area (Å²) in [6, 6.07) is -0.269. The van der Waals surface area contributed by atoms with E-state index >= 15 is 0 Å². The lowest BCUT2D eigenvalue weighted by Crippen LogP contribution is -2.59. The molecule has 1 aliphatic heterocycles. The van der Waals surface area contributed by atoms with Crippen LogP contribution < -0.4 is 21.7 Å². The Balaban J connectivity index is 1.74. The third-order valence-corrected chi connectivity index (χ3v) is 3.80. The minimum Gasteiger partial charge on any atom is -0.369 e. The van der Waals surface area contributed by atoms with E-state index in [4.69, 9.17) is 5.73 Å². The van der Waals surface area contributed by atoms with Crippen molar-refractivity contribution in [3.63, 3.8) is 0 Å². The van der Waals surface area contributed by atoms with Gasteiger partial charge in [-0.05, 0) is 25.7 Å². The topological polar surface area (TPSA) is 113 Å². The number of hydrogen-bond acceptors (Lipinski definition) is 4. The minimum absolute atomic E-state index is 0.0553. The van der Waals surface area contributed by atoms with Gasteiger partial charge >= 0.3 is 0 Å². The number of nitrogens with two attached hydrogens (primary N) is 1. The second-order valence-electron chi connectivity index (χ2n) is 5.20. The maximum absolute atomic E-state index is 12.0. The van der Waals surface area contributed by atoms with Crippen molar-refractivity contribution in [3.8, 4) is 0 Å². The van der Waals surface area contributed by atoms with Crippen LogP contribution in [0.15, 0.2) is 0 Å². The summed E-state index contributed by atoms with van der Waals surface area (Å²) in [5.41, 5.74) is 5.27. The fourth-order valence-corrected chi connectivity index (χ4v) is 2.58. The fraction of sp³-hybridized carbons (Fsp3) is 0.750. The molecule has 1 aliphatic carbocycles. The lowest BCUT2D eigenvalue weighted by Gasteiger charge is -2.30. The zero-order valence-corrected chi connectivity index (χ0v) is 10.8. The number of piperazine rings is 1. The van der Waals surface area contributed by atoms with Gasteiger partial charge in [-0.3, -0.25) is 19.7 Å². The molecule has 2 aliphatic rings. The highest BCUT2D eigenvalue weighted by molar-refractivity contribution is 5.86. The summed E-state index contributed by atoms with van der Waals surface area (Å²) in [4.78, 5) is 34.0. The molecule has 1 heterocycles. The van der Waals surface area contributed by atoms with E-state index in [0.29, 0.717) is 6.54 Å². The molecule has 1 unspecified atom stereocenters. The summed E-state index contributed by atoms with van der Waals surface area (Å²) in [7, 11) is 0. The predicted molar refractivity (Wildman–Crippen MR) is 67.9 cm³/mol. The van der Waals surface area contributed by atoms with Crippen LogP contribution in [0, 0.1) is 5.92 Å². The molecule has 0 aromatic rings. The Kier molecular flexibility index (Phi) is 4.36. The number of rotatable bonds is 3. The quantitative estimate of drug-likeness (QED) is 0.485. The molecule has 19 heavy (non-hydrogen) atoms. The van der Waals surface area contributed by atoms with Crippen molar-refractivity contribution >= 4 is 17.7 Å². The van der Waals surface area contributed by atoms with Crippen molar-refractivity contribution in [1.82, 2.24) is 16.0 Å². The molecule has 0 radical (unpaired) electrons. The summed E-state index contributed by atoms with van der Waals surface area (Å²) in [6.07, 6.45) is 3.01. The van der Waals surface area contributed by atoms with E-state index in [1.54, 1.807) is 0 Å². The van der Waals surface area contributed by atoms with Gasteiger partial charge in [-0.25, -0.2) is 0 Å². The molecular formula is C12H20N4O3. The molecule has 2 rings (SSSR count). The first-order chi connectivity index (χ1) is 9.06. The van der Waals surface area contributed by atoms with Gasteiger partial charge in [0.05, 0.1) is 6.54 Å². The van der Waals surface area contributed by atoms with Gasteiger partial charge < -0.3 is 16.4 Å². The first-order valence-electron chi connectivity index (χ1n) is 6.66. The average molecular weight is 268 g/mol. The van der Waals surface area contributed by atoms with Crippen LogP contribution in [0.4, 0.5) is 0 Å². The molecule has 2 fully saturated rings. The molecular weight excluding hydrogens is 248 g/mol. The zero-order chi connectivity index (χ0) is 13.8. The Hall–Kier alpha value is -1.63. The normalized spacial score (nSPS) is 31.4. The van der Waals surface area contributed by atoms with Gasteiger partial charge in [-0.15, -0.1) is 0 Å². The molecule has 5 N–H and O–H groups in total. The fourth-order valence-electron chi connectivity index (χ4n) is 2.58. The Morgan fingerprint density at radius 1 is 1.21 bits per heavy atom. The van der Waals surface area contributed by atoms with Crippen LogP contribution in [-0.4, -0.2) is 42.9 Å². The minimum atomic E-state index is -0.369. The zero-order valence-electron chi connectivity index (χ0n) is 10.8. The standard InChI is InChI=1S/C12H20N4O3/c13-11(18)7-1-3-8(4-2-7)16-12(19)9-5-15-10(17)6-14-9/h7-9,14H,1-6H2,(H2,13,18)(H,15,17)(H,16,19). The third kappa shape index (κ3) is 3.66. The van der Waals surface area contributed by atoms with Gasteiger partial charge in [0.1, 0.15) is 6.04 Å². The molecule has 106 valence electrons. The summed E-state index contributed by atoms with van der Waals surface area (Å²) in [5, 5.41) is 8.49. The number of primary amides is 1. The van der Waals surface area contributed by atoms with Crippen LogP contribution in [0.25, 0.3) is 0 Å². The van der Waals surface area contributed by atoms with Crippen molar-refractivity contribution in [3.05, 3.63) is 0 Å². The van der Waals surface area contributed by atoms with E-state index < -0.39 is 0 Å².